The summed E-state index contributed by atoms with van der Waals surface area (Å²) in [6.45, 7) is 0. The van der Waals surface area contributed by atoms with Gasteiger partial charge in [0.05, 0.1) is 5.71 Å². The number of carbonyl (C=O) groups is 1. The molecule has 1 aliphatic rings. The Morgan fingerprint density at radius 1 is 0.826 bits per heavy atom. The molecule has 23 heavy (non-hydrogen) atoms. The van der Waals surface area contributed by atoms with Gasteiger partial charge in [-0.15, -0.1) is 0 Å². The fourth-order valence-electron chi connectivity index (χ4n) is 3.04. The summed E-state index contributed by atoms with van der Waals surface area (Å²) in [5.41, 5.74) is 2.63. The first-order valence-electron chi connectivity index (χ1n) is 8.33. The van der Waals surface area contributed by atoms with Crippen molar-refractivity contribution in [3.8, 4) is 0 Å². The fraction of sp³-hybridized carbons (Fsp3) is 0.300. The van der Waals surface area contributed by atoms with Gasteiger partial charge in [0.1, 0.15) is 0 Å². The van der Waals surface area contributed by atoms with E-state index in [0.717, 1.165) is 29.7 Å². The van der Waals surface area contributed by atoms with E-state index in [1.807, 2.05) is 60.7 Å². The summed E-state index contributed by atoms with van der Waals surface area (Å²) in [5, 5.41) is 3.06. The van der Waals surface area contributed by atoms with Gasteiger partial charge in [0.25, 0.3) is 0 Å². The van der Waals surface area contributed by atoms with Gasteiger partial charge < -0.3 is 5.32 Å². The topological polar surface area (TPSA) is 41.5 Å². The van der Waals surface area contributed by atoms with E-state index in [9.17, 15) is 4.79 Å². The predicted molar refractivity (Wildman–Crippen MR) is 93.9 cm³/mol. The van der Waals surface area contributed by atoms with Crippen molar-refractivity contribution in [2.75, 3.05) is 0 Å². The third kappa shape index (κ3) is 4.28. The lowest BCUT2D eigenvalue weighted by Gasteiger charge is -2.21. The molecule has 0 aliphatic heterocycles. The molecule has 2 amide bonds. The van der Waals surface area contributed by atoms with E-state index in [4.69, 9.17) is 0 Å². The van der Waals surface area contributed by atoms with E-state index in [2.05, 4.69) is 10.3 Å². The zero-order valence-corrected chi connectivity index (χ0v) is 13.2. The van der Waals surface area contributed by atoms with Gasteiger partial charge in [-0.1, -0.05) is 79.9 Å². The number of hydrogen-bond donors (Lipinski definition) is 1. The molecule has 1 fully saturated rings. The van der Waals surface area contributed by atoms with Crippen LogP contribution in [0.3, 0.4) is 0 Å². The lowest BCUT2D eigenvalue weighted by molar-refractivity contribution is 0.241. The average molecular weight is 306 g/mol. The molecule has 0 aromatic heterocycles. The van der Waals surface area contributed by atoms with Crippen molar-refractivity contribution < 1.29 is 4.79 Å². The van der Waals surface area contributed by atoms with Crippen LogP contribution in [-0.2, 0) is 0 Å². The van der Waals surface area contributed by atoms with Crippen LogP contribution in [0.1, 0.15) is 43.2 Å². The third-order valence-corrected chi connectivity index (χ3v) is 4.24. The molecular formula is C20H22N2O. The summed E-state index contributed by atoms with van der Waals surface area (Å²) in [7, 11) is 0. The van der Waals surface area contributed by atoms with E-state index >= 15 is 0 Å². The molecule has 1 N–H and O–H groups in total. The third-order valence-electron chi connectivity index (χ3n) is 4.24. The first kappa shape index (κ1) is 15.5. The highest BCUT2D eigenvalue weighted by atomic mass is 16.2. The number of aliphatic imine (C=N–C) groups is 1. The minimum absolute atomic E-state index is 0.236. The molecule has 0 radical (unpaired) electrons. The number of nitrogens with one attached hydrogen (secondary N) is 1. The van der Waals surface area contributed by atoms with Gasteiger partial charge in [0.2, 0.25) is 0 Å². The van der Waals surface area contributed by atoms with Gasteiger partial charge >= 0.3 is 6.03 Å². The van der Waals surface area contributed by atoms with Crippen molar-refractivity contribution in [3.05, 3.63) is 71.8 Å². The van der Waals surface area contributed by atoms with Crippen LogP contribution in [0.25, 0.3) is 0 Å². The van der Waals surface area contributed by atoms with Crippen LogP contribution < -0.4 is 5.32 Å². The first-order valence-corrected chi connectivity index (χ1v) is 8.33. The zero-order chi connectivity index (χ0) is 15.9. The van der Waals surface area contributed by atoms with E-state index in [1.165, 1.54) is 19.3 Å². The van der Waals surface area contributed by atoms with Crippen molar-refractivity contribution in [2.24, 2.45) is 4.99 Å². The van der Waals surface area contributed by atoms with Crippen molar-refractivity contribution in [1.29, 1.82) is 0 Å². The maximum absolute atomic E-state index is 12.4. The minimum Gasteiger partial charge on any atom is -0.333 e. The molecule has 2 aromatic rings. The van der Waals surface area contributed by atoms with Gasteiger partial charge in [0, 0.05) is 17.2 Å². The van der Waals surface area contributed by atoms with Crippen LogP contribution >= 0.6 is 0 Å². The van der Waals surface area contributed by atoms with Crippen LogP contribution in [0.4, 0.5) is 4.79 Å². The number of hydrogen-bond acceptors (Lipinski definition) is 1. The molecule has 3 rings (SSSR count). The quantitative estimate of drug-likeness (QED) is 0.829. The van der Waals surface area contributed by atoms with Crippen molar-refractivity contribution >= 4 is 11.7 Å². The number of benzene rings is 2. The van der Waals surface area contributed by atoms with Crippen LogP contribution in [-0.4, -0.2) is 17.8 Å². The van der Waals surface area contributed by atoms with Crippen molar-refractivity contribution in [2.45, 2.75) is 38.1 Å². The van der Waals surface area contributed by atoms with E-state index in [0.29, 0.717) is 0 Å². The Labute approximate surface area is 137 Å². The molecule has 0 heterocycles. The second-order valence-corrected chi connectivity index (χ2v) is 5.98. The summed E-state index contributed by atoms with van der Waals surface area (Å²) in [5.74, 6) is 0. The molecule has 0 atom stereocenters. The van der Waals surface area contributed by atoms with Crippen molar-refractivity contribution in [1.82, 2.24) is 5.32 Å². The number of rotatable bonds is 3. The highest BCUT2D eigenvalue weighted by molar-refractivity contribution is 6.16. The average Bonchev–Trinajstić information content (AvgIpc) is 2.62. The van der Waals surface area contributed by atoms with Gasteiger partial charge in [-0.2, -0.15) is 4.99 Å². The summed E-state index contributed by atoms with van der Waals surface area (Å²) < 4.78 is 0. The monoisotopic (exact) mass is 306 g/mol. The molecule has 1 aliphatic carbocycles. The molecule has 118 valence electrons. The number of carbonyl (C=O) groups excluding carboxylic acids is 1. The number of urea groups is 1. The molecule has 0 bridgehead atoms. The molecule has 1 saturated carbocycles. The largest absolute Gasteiger partial charge is 0.341 e. The lowest BCUT2D eigenvalue weighted by Crippen LogP contribution is -2.34. The second-order valence-electron chi connectivity index (χ2n) is 5.98. The van der Waals surface area contributed by atoms with Crippen molar-refractivity contribution in [3.63, 3.8) is 0 Å². The summed E-state index contributed by atoms with van der Waals surface area (Å²) in [6, 6.07) is 19.8. The van der Waals surface area contributed by atoms with Crippen LogP contribution in [0.5, 0.6) is 0 Å². The Kier molecular flexibility index (Phi) is 5.20. The fourth-order valence-corrected chi connectivity index (χ4v) is 3.04. The maximum atomic E-state index is 12.4. The smallest absolute Gasteiger partial charge is 0.333 e. The lowest BCUT2D eigenvalue weighted by atomic mass is 9.96. The molecule has 3 heteroatoms. The summed E-state index contributed by atoms with van der Waals surface area (Å²) in [4.78, 5) is 16.7. The van der Waals surface area contributed by atoms with Gasteiger partial charge in [0.15, 0.2) is 0 Å². The molecule has 0 spiro atoms. The van der Waals surface area contributed by atoms with Crippen LogP contribution in [0, 0.1) is 0 Å². The molecule has 0 saturated heterocycles. The molecule has 0 unspecified atom stereocenters. The van der Waals surface area contributed by atoms with E-state index in [-0.39, 0.29) is 12.1 Å². The SMILES string of the molecule is O=C(N=C(c1ccccc1)c1ccccc1)NC1CCCCC1. The Morgan fingerprint density at radius 3 is 1.87 bits per heavy atom. The standard InChI is InChI=1S/C20H22N2O/c23-20(21-18-14-8-3-9-15-18)22-19(16-10-4-1-5-11-16)17-12-6-2-7-13-17/h1-2,4-7,10-13,18H,3,8-9,14-15H2,(H,21,23). The van der Waals surface area contributed by atoms with Gasteiger partial charge in [-0.05, 0) is 12.8 Å². The maximum Gasteiger partial charge on any atom is 0.341 e. The van der Waals surface area contributed by atoms with Crippen LogP contribution in [0.2, 0.25) is 0 Å². The van der Waals surface area contributed by atoms with Gasteiger partial charge in [-0.25, -0.2) is 4.79 Å². The molecule has 3 nitrogen and oxygen atoms in total. The predicted octanol–water partition coefficient (Wildman–Crippen LogP) is 4.57. The first-order chi connectivity index (χ1) is 11.3. The van der Waals surface area contributed by atoms with E-state index < -0.39 is 0 Å². The minimum atomic E-state index is -0.236. The number of amides is 2. The summed E-state index contributed by atoms with van der Waals surface area (Å²) >= 11 is 0. The highest BCUT2D eigenvalue weighted by Crippen LogP contribution is 2.18. The van der Waals surface area contributed by atoms with Crippen LogP contribution in [0.15, 0.2) is 65.7 Å². The Morgan fingerprint density at radius 2 is 1.35 bits per heavy atom. The summed E-state index contributed by atoms with van der Waals surface area (Å²) in [6.07, 6.45) is 5.78. The number of nitrogens with zero attached hydrogens (tertiary/aromatic N) is 1. The van der Waals surface area contributed by atoms with E-state index in [1.54, 1.807) is 0 Å². The molecule has 2 aromatic carbocycles. The molecular weight excluding hydrogens is 284 g/mol. The Balaban J connectivity index is 1.84. The Hall–Kier alpha value is -2.42. The second kappa shape index (κ2) is 7.73. The zero-order valence-electron chi connectivity index (χ0n) is 13.2. The Bertz CT molecular complexity index is 617. The van der Waals surface area contributed by atoms with Gasteiger partial charge in [-0.3, -0.25) is 0 Å². The normalized spacial score (nSPS) is 15.0. The highest BCUT2D eigenvalue weighted by Gasteiger charge is 2.16.